The van der Waals surface area contributed by atoms with E-state index in [4.69, 9.17) is 46.4 Å². The average molecular weight is 532 g/mol. The molecule has 2 atom stereocenters. The molecule has 2 aromatic carbocycles. The number of ketones is 1. The molecule has 2 N–H and O–H groups in total. The van der Waals surface area contributed by atoms with Gasteiger partial charge in [0.15, 0.2) is 0 Å². The fourth-order valence-electron chi connectivity index (χ4n) is 4.12. The van der Waals surface area contributed by atoms with Gasteiger partial charge in [-0.3, -0.25) is 14.4 Å². The minimum atomic E-state index is -1.38. The highest BCUT2D eigenvalue weighted by Gasteiger charge is 2.67. The van der Waals surface area contributed by atoms with Crippen molar-refractivity contribution in [2.45, 2.75) is 42.0 Å². The van der Waals surface area contributed by atoms with Crippen molar-refractivity contribution in [2.75, 3.05) is 5.32 Å². The van der Waals surface area contributed by atoms with Crippen LogP contribution < -0.4 is 10.6 Å². The van der Waals surface area contributed by atoms with Crippen molar-refractivity contribution in [1.82, 2.24) is 5.32 Å². The van der Waals surface area contributed by atoms with Gasteiger partial charge >= 0.3 is 0 Å². The molecule has 174 valence electrons. The average Bonchev–Trinajstić information content (AvgIpc) is 3.35. The van der Waals surface area contributed by atoms with Crippen LogP contribution in [0.2, 0.25) is 10.0 Å². The van der Waals surface area contributed by atoms with Gasteiger partial charge in [-0.25, -0.2) is 4.39 Å². The van der Waals surface area contributed by atoms with Crippen molar-refractivity contribution in [3.8, 4) is 0 Å². The van der Waals surface area contributed by atoms with E-state index in [9.17, 15) is 18.8 Å². The number of carbonyl (C=O) groups excluding carboxylic acids is 3. The Balaban J connectivity index is 1.45. The molecule has 0 saturated heterocycles. The molecule has 5 nitrogen and oxygen atoms in total. The lowest BCUT2D eigenvalue weighted by Crippen LogP contribution is -2.37. The molecule has 0 aliphatic heterocycles. The highest BCUT2D eigenvalue weighted by Crippen LogP contribution is 2.65. The van der Waals surface area contributed by atoms with E-state index < -0.39 is 27.9 Å². The van der Waals surface area contributed by atoms with Gasteiger partial charge in [0.25, 0.3) is 5.91 Å². The topological polar surface area (TPSA) is 75.3 Å². The number of carbonyl (C=O) groups is 3. The monoisotopic (exact) mass is 530 g/mol. The van der Waals surface area contributed by atoms with Crippen LogP contribution in [0.3, 0.4) is 0 Å². The van der Waals surface area contributed by atoms with E-state index in [1.807, 2.05) is 0 Å². The van der Waals surface area contributed by atoms with Gasteiger partial charge in [0.1, 0.15) is 15.9 Å². The van der Waals surface area contributed by atoms with Crippen LogP contribution in [0.4, 0.5) is 10.1 Å². The first-order chi connectivity index (χ1) is 15.6. The van der Waals surface area contributed by atoms with E-state index in [1.165, 1.54) is 30.3 Å². The minimum absolute atomic E-state index is 0.0848. The van der Waals surface area contributed by atoms with Crippen molar-refractivity contribution in [3.05, 3.63) is 63.4 Å². The zero-order valence-corrected chi connectivity index (χ0v) is 20.2. The molecule has 2 aliphatic rings. The molecule has 33 heavy (non-hydrogen) atoms. The zero-order valence-electron chi connectivity index (χ0n) is 17.1. The Kier molecular flexibility index (Phi) is 6.92. The summed E-state index contributed by atoms with van der Waals surface area (Å²) in [4.78, 5) is 37.0. The summed E-state index contributed by atoms with van der Waals surface area (Å²) >= 11 is 24.7. The molecule has 0 aromatic heterocycles. The van der Waals surface area contributed by atoms with Crippen LogP contribution in [0, 0.1) is 11.7 Å². The van der Waals surface area contributed by atoms with E-state index in [2.05, 4.69) is 10.6 Å². The first-order valence-electron chi connectivity index (χ1n) is 10.3. The Morgan fingerprint density at radius 1 is 1.00 bits per heavy atom. The zero-order chi connectivity index (χ0) is 23.9. The lowest BCUT2D eigenvalue weighted by atomic mass is 9.94. The molecular weight excluding hydrogens is 513 g/mol. The Hall–Kier alpha value is -1.86. The van der Waals surface area contributed by atoms with E-state index in [-0.39, 0.29) is 33.3 Å². The molecule has 2 saturated carbocycles. The van der Waals surface area contributed by atoms with Crippen LogP contribution in [0.25, 0.3) is 0 Å². The lowest BCUT2D eigenvalue weighted by Gasteiger charge is -2.22. The molecular formula is C23H19Cl4FN2O3. The first-order valence-corrected chi connectivity index (χ1v) is 11.8. The van der Waals surface area contributed by atoms with E-state index in [1.54, 1.807) is 6.07 Å². The first kappa shape index (κ1) is 24.3. The molecule has 0 heterocycles. The number of nitrogens with one attached hydrogen (secondary N) is 2. The normalized spacial score (nSPS) is 22.0. The Bertz CT molecular complexity index is 1130. The predicted molar refractivity (Wildman–Crippen MR) is 127 cm³/mol. The van der Waals surface area contributed by atoms with Crippen molar-refractivity contribution in [2.24, 2.45) is 5.92 Å². The van der Waals surface area contributed by atoms with Crippen molar-refractivity contribution < 1.29 is 18.8 Å². The minimum Gasteiger partial charge on any atom is -0.349 e. The maximum Gasteiger partial charge on any atom is 0.253 e. The van der Waals surface area contributed by atoms with Gasteiger partial charge in [0, 0.05) is 30.5 Å². The third kappa shape index (κ3) is 5.14. The number of rotatable bonds is 5. The van der Waals surface area contributed by atoms with E-state index in [0.29, 0.717) is 36.9 Å². The van der Waals surface area contributed by atoms with Crippen molar-refractivity contribution in [3.63, 3.8) is 0 Å². The second-order valence-electron chi connectivity index (χ2n) is 8.27. The van der Waals surface area contributed by atoms with Crippen LogP contribution >= 0.6 is 46.4 Å². The third-order valence-electron chi connectivity index (χ3n) is 6.00. The van der Waals surface area contributed by atoms with E-state index >= 15 is 0 Å². The summed E-state index contributed by atoms with van der Waals surface area (Å²) in [5.74, 6) is -2.59. The third-order valence-corrected chi connectivity index (χ3v) is 7.56. The Labute approximate surface area is 209 Å². The van der Waals surface area contributed by atoms with Crippen molar-refractivity contribution in [1.29, 1.82) is 0 Å². The van der Waals surface area contributed by atoms with E-state index in [0.717, 1.165) is 0 Å². The fourth-order valence-corrected chi connectivity index (χ4v) is 5.34. The molecule has 2 amide bonds. The summed E-state index contributed by atoms with van der Waals surface area (Å²) in [5, 5.41) is 5.75. The number of hydrogen-bond acceptors (Lipinski definition) is 3. The summed E-state index contributed by atoms with van der Waals surface area (Å²) in [6, 6.07) is 8.52. The van der Waals surface area contributed by atoms with Crippen molar-refractivity contribution >= 4 is 69.7 Å². The molecule has 2 aromatic rings. The number of alkyl halides is 2. The lowest BCUT2D eigenvalue weighted by molar-refractivity contribution is -0.120. The fraction of sp³-hybridized carbons (Fsp3) is 0.348. The predicted octanol–water partition coefficient (Wildman–Crippen LogP) is 5.90. The van der Waals surface area contributed by atoms with Gasteiger partial charge in [-0.1, -0.05) is 29.3 Å². The number of anilines is 1. The smallest absolute Gasteiger partial charge is 0.253 e. The van der Waals surface area contributed by atoms with Gasteiger partial charge in [0.2, 0.25) is 5.91 Å². The molecule has 2 unspecified atom stereocenters. The summed E-state index contributed by atoms with van der Waals surface area (Å²) in [5.41, 5.74) is 1.10. The number of Topliss-reactive ketones (excluding diaryl/α,β-unsaturated/α-hetero) is 1. The summed E-state index contributed by atoms with van der Waals surface area (Å²) in [6.07, 6.45) is 2.05. The maximum absolute atomic E-state index is 13.5. The molecule has 0 bridgehead atoms. The Morgan fingerprint density at radius 2 is 1.70 bits per heavy atom. The molecule has 4 rings (SSSR count). The Morgan fingerprint density at radius 3 is 2.36 bits per heavy atom. The van der Waals surface area contributed by atoms with Crippen LogP contribution in [-0.2, 0) is 9.59 Å². The second-order valence-corrected chi connectivity index (χ2v) is 10.5. The SMILES string of the molecule is O=C1CCC(NC(=O)c2cc(NC(=O)C3C(c4ccc(F)c(Cl)c4)C3(Cl)Cl)ccc2Cl)CC1. The van der Waals surface area contributed by atoms with Crippen LogP contribution in [-0.4, -0.2) is 28.0 Å². The van der Waals surface area contributed by atoms with Gasteiger partial charge in [-0.05, 0) is 48.7 Å². The summed E-state index contributed by atoms with van der Waals surface area (Å²) < 4.78 is 12.1. The number of halogens is 5. The van der Waals surface area contributed by atoms with Crippen LogP contribution in [0.5, 0.6) is 0 Å². The highest BCUT2D eigenvalue weighted by atomic mass is 35.5. The van der Waals surface area contributed by atoms with Crippen LogP contribution in [0.1, 0.15) is 47.5 Å². The molecule has 2 aliphatic carbocycles. The van der Waals surface area contributed by atoms with Crippen LogP contribution in [0.15, 0.2) is 36.4 Å². The number of amides is 2. The van der Waals surface area contributed by atoms with Gasteiger partial charge < -0.3 is 10.6 Å². The number of benzene rings is 2. The van der Waals surface area contributed by atoms with Gasteiger partial charge in [-0.2, -0.15) is 0 Å². The molecule has 0 radical (unpaired) electrons. The largest absolute Gasteiger partial charge is 0.349 e. The second kappa shape index (κ2) is 9.41. The molecule has 0 spiro atoms. The summed E-state index contributed by atoms with van der Waals surface area (Å²) in [7, 11) is 0. The molecule has 10 heteroatoms. The van der Waals surface area contributed by atoms with Gasteiger partial charge in [-0.15, -0.1) is 23.2 Å². The van der Waals surface area contributed by atoms with Gasteiger partial charge in [0.05, 0.1) is 21.5 Å². The maximum atomic E-state index is 13.5. The quantitative estimate of drug-likeness (QED) is 0.471. The highest BCUT2D eigenvalue weighted by molar-refractivity contribution is 6.53. The standard InChI is InChI=1S/C23H19Cl4FN2O3/c24-16-7-4-13(10-15(16)21(32)29-12-2-5-14(31)6-3-12)30-22(33)20-19(23(20,26)27)11-1-8-18(28)17(25)9-11/h1,4,7-10,12,19-20H,2-3,5-6H2,(H,29,32)(H,30,33). The molecule has 2 fully saturated rings. The number of hydrogen-bond donors (Lipinski definition) is 2. The summed E-state index contributed by atoms with van der Waals surface area (Å²) in [6.45, 7) is 0.